The van der Waals surface area contributed by atoms with E-state index in [1.165, 1.54) is 38.6 Å². The van der Waals surface area contributed by atoms with Gasteiger partial charge in [0.1, 0.15) is 17.0 Å². The van der Waals surface area contributed by atoms with Gasteiger partial charge in [0.2, 0.25) is 0 Å². The molecule has 1 aliphatic carbocycles. The maximum atomic E-state index is 12.7. The summed E-state index contributed by atoms with van der Waals surface area (Å²) in [5.41, 5.74) is 0. The SMILES string of the molecule is FC(F)(F)Cc1cc2c(N3CCN(CC4CCCC4)CC3)ncnc2s1. The first-order valence-electron chi connectivity index (χ1n) is 9.25. The third-order valence-corrected chi connectivity index (χ3v) is 6.44. The first kappa shape index (κ1) is 18.0. The minimum atomic E-state index is -4.19. The predicted molar refractivity (Wildman–Crippen MR) is 97.8 cm³/mol. The van der Waals surface area contributed by atoms with Crippen LogP contribution in [0.15, 0.2) is 12.4 Å². The molecule has 1 aliphatic heterocycles. The summed E-state index contributed by atoms with van der Waals surface area (Å²) in [4.78, 5) is 14.2. The lowest BCUT2D eigenvalue weighted by Gasteiger charge is -2.36. The highest BCUT2D eigenvalue weighted by atomic mass is 32.1. The fourth-order valence-electron chi connectivity index (χ4n) is 4.13. The van der Waals surface area contributed by atoms with Crippen LogP contribution in [-0.2, 0) is 6.42 Å². The number of halogens is 3. The van der Waals surface area contributed by atoms with Crippen LogP contribution in [0, 0.1) is 5.92 Å². The van der Waals surface area contributed by atoms with E-state index in [9.17, 15) is 13.2 Å². The zero-order valence-corrected chi connectivity index (χ0v) is 15.5. The summed E-state index contributed by atoms with van der Waals surface area (Å²) in [5, 5.41) is 0.751. The minimum absolute atomic E-state index is 0.300. The van der Waals surface area contributed by atoms with Gasteiger partial charge in [-0.1, -0.05) is 12.8 Å². The van der Waals surface area contributed by atoms with E-state index in [2.05, 4.69) is 19.8 Å². The molecule has 26 heavy (non-hydrogen) atoms. The third kappa shape index (κ3) is 4.11. The molecule has 4 nitrogen and oxygen atoms in total. The first-order chi connectivity index (χ1) is 12.5. The number of hydrogen-bond donors (Lipinski definition) is 0. The van der Waals surface area contributed by atoms with Crippen molar-refractivity contribution in [2.45, 2.75) is 38.3 Å². The van der Waals surface area contributed by atoms with E-state index in [-0.39, 0.29) is 0 Å². The van der Waals surface area contributed by atoms with Gasteiger partial charge < -0.3 is 4.90 Å². The van der Waals surface area contributed by atoms with E-state index in [4.69, 9.17) is 0 Å². The Bertz CT molecular complexity index is 746. The number of thiophene rings is 1. The number of aromatic nitrogens is 2. The van der Waals surface area contributed by atoms with Crippen molar-refractivity contribution in [1.82, 2.24) is 14.9 Å². The molecule has 0 amide bonds. The van der Waals surface area contributed by atoms with Gasteiger partial charge in [0, 0.05) is 37.6 Å². The number of piperazine rings is 1. The van der Waals surface area contributed by atoms with Crippen molar-refractivity contribution < 1.29 is 13.2 Å². The Morgan fingerprint density at radius 3 is 2.50 bits per heavy atom. The molecular weight excluding hydrogens is 361 g/mol. The van der Waals surface area contributed by atoms with Gasteiger partial charge in [0.25, 0.3) is 0 Å². The van der Waals surface area contributed by atoms with Gasteiger partial charge in [-0.25, -0.2) is 9.97 Å². The molecule has 1 saturated heterocycles. The highest BCUT2D eigenvalue weighted by Gasteiger charge is 2.30. The molecule has 1 saturated carbocycles. The van der Waals surface area contributed by atoms with Crippen molar-refractivity contribution in [3.05, 3.63) is 17.3 Å². The molecule has 142 valence electrons. The maximum absolute atomic E-state index is 12.7. The van der Waals surface area contributed by atoms with E-state index < -0.39 is 12.6 Å². The molecule has 0 aromatic carbocycles. The summed E-state index contributed by atoms with van der Waals surface area (Å²) in [5.74, 6) is 1.62. The zero-order valence-electron chi connectivity index (χ0n) is 14.6. The predicted octanol–water partition coefficient (Wildman–Crippen LogP) is 4.11. The molecule has 2 fully saturated rings. The van der Waals surface area contributed by atoms with Gasteiger partial charge in [-0.2, -0.15) is 13.2 Å². The quantitative estimate of drug-likeness (QED) is 0.794. The van der Waals surface area contributed by atoms with Crippen molar-refractivity contribution in [2.24, 2.45) is 5.92 Å². The van der Waals surface area contributed by atoms with Crippen molar-refractivity contribution in [3.63, 3.8) is 0 Å². The largest absolute Gasteiger partial charge is 0.393 e. The standard InChI is InChI=1S/C18H23F3N4S/c19-18(20,21)10-14-9-15-16(22-12-23-17(15)26-14)25-7-5-24(6-8-25)11-13-3-1-2-4-13/h9,12-13H,1-8,10-11H2. The van der Waals surface area contributed by atoms with Crippen LogP contribution in [0.4, 0.5) is 19.0 Å². The average Bonchev–Trinajstić information content (AvgIpc) is 3.22. The molecule has 2 aromatic rings. The Labute approximate surface area is 155 Å². The Kier molecular flexibility index (Phi) is 5.05. The molecule has 3 heterocycles. The second-order valence-electron chi connectivity index (χ2n) is 7.36. The fourth-order valence-corrected chi connectivity index (χ4v) is 5.15. The van der Waals surface area contributed by atoms with Gasteiger partial charge in [0.15, 0.2) is 0 Å². The summed E-state index contributed by atoms with van der Waals surface area (Å²) in [6.07, 6.45) is 1.80. The van der Waals surface area contributed by atoms with E-state index in [0.717, 1.165) is 54.6 Å². The van der Waals surface area contributed by atoms with Crippen molar-refractivity contribution in [1.29, 1.82) is 0 Å². The molecule has 0 N–H and O–H groups in total. The van der Waals surface area contributed by atoms with Gasteiger partial charge >= 0.3 is 6.18 Å². The topological polar surface area (TPSA) is 32.3 Å². The molecule has 2 aromatic heterocycles. The molecule has 8 heteroatoms. The van der Waals surface area contributed by atoms with E-state index in [1.54, 1.807) is 6.07 Å². The summed E-state index contributed by atoms with van der Waals surface area (Å²) < 4.78 is 38.1. The lowest BCUT2D eigenvalue weighted by atomic mass is 10.1. The van der Waals surface area contributed by atoms with Gasteiger partial charge in [-0.15, -0.1) is 11.3 Å². The monoisotopic (exact) mass is 384 g/mol. The molecule has 2 aliphatic rings. The Morgan fingerprint density at radius 2 is 1.81 bits per heavy atom. The first-order valence-corrected chi connectivity index (χ1v) is 10.1. The van der Waals surface area contributed by atoms with E-state index >= 15 is 0 Å². The second kappa shape index (κ2) is 7.31. The van der Waals surface area contributed by atoms with Gasteiger partial charge in [0.05, 0.1) is 11.8 Å². The molecule has 0 atom stereocenters. The summed E-state index contributed by atoms with van der Waals surface area (Å²) in [7, 11) is 0. The van der Waals surface area contributed by atoms with Crippen LogP contribution in [0.3, 0.4) is 0 Å². The molecule has 0 bridgehead atoms. The fraction of sp³-hybridized carbons (Fsp3) is 0.667. The molecular formula is C18H23F3N4S. The van der Waals surface area contributed by atoms with Crippen LogP contribution in [0.5, 0.6) is 0 Å². The van der Waals surface area contributed by atoms with E-state index in [1.807, 2.05) is 0 Å². The number of hydrogen-bond acceptors (Lipinski definition) is 5. The summed E-state index contributed by atoms with van der Waals surface area (Å²) in [6, 6.07) is 1.62. The Morgan fingerprint density at radius 1 is 1.08 bits per heavy atom. The summed E-state index contributed by atoms with van der Waals surface area (Å²) >= 11 is 1.12. The van der Waals surface area contributed by atoms with Crippen LogP contribution in [-0.4, -0.2) is 53.8 Å². The van der Waals surface area contributed by atoms with Crippen LogP contribution in [0.1, 0.15) is 30.6 Å². The van der Waals surface area contributed by atoms with Crippen LogP contribution >= 0.6 is 11.3 Å². The number of rotatable bonds is 4. The maximum Gasteiger partial charge on any atom is 0.393 e. The van der Waals surface area contributed by atoms with Crippen molar-refractivity contribution in [2.75, 3.05) is 37.6 Å². The van der Waals surface area contributed by atoms with Gasteiger partial charge in [-0.3, -0.25) is 4.90 Å². The molecule has 0 radical (unpaired) electrons. The zero-order chi connectivity index (χ0) is 18.1. The number of anilines is 1. The lowest BCUT2D eigenvalue weighted by Crippen LogP contribution is -2.48. The van der Waals surface area contributed by atoms with Crippen molar-refractivity contribution >= 4 is 27.4 Å². The normalized spacial score (nSPS) is 20.3. The highest BCUT2D eigenvalue weighted by molar-refractivity contribution is 7.18. The van der Waals surface area contributed by atoms with E-state index in [0.29, 0.717) is 9.71 Å². The lowest BCUT2D eigenvalue weighted by molar-refractivity contribution is -0.126. The molecule has 0 spiro atoms. The molecule has 4 rings (SSSR count). The molecule has 0 unspecified atom stereocenters. The second-order valence-corrected chi connectivity index (χ2v) is 8.47. The average molecular weight is 384 g/mol. The van der Waals surface area contributed by atoms with Crippen molar-refractivity contribution in [3.8, 4) is 0 Å². The van der Waals surface area contributed by atoms with Crippen LogP contribution in [0.2, 0.25) is 0 Å². The van der Waals surface area contributed by atoms with Gasteiger partial charge in [-0.05, 0) is 24.8 Å². The van der Waals surface area contributed by atoms with Crippen LogP contribution in [0.25, 0.3) is 10.2 Å². The Hall–Kier alpha value is -1.41. The number of alkyl halides is 3. The smallest absolute Gasteiger partial charge is 0.353 e. The number of nitrogens with zero attached hydrogens (tertiary/aromatic N) is 4. The Balaban J connectivity index is 1.45. The minimum Gasteiger partial charge on any atom is -0.353 e. The highest BCUT2D eigenvalue weighted by Crippen LogP contribution is 2.34. The number of fused-ring (bicyclic) bond motifs is 1. The third-order valence-electron chi connectivity index (χ3n) is 5.40. The summed E-state index contributed by atoms with van der Waals surface area (Å²) in [6.45, 7) is 4.89. The van der Waals surface area contributed by atoms with Crippen LogP contribution < -0.4 is 4.90 Å².